The van der Waals surface area contributed by atoms with Gasteiger partial charge in [-0.25, -0.2) is 0 Å². The molecule has 1 rings (SSSR count). The predicted molar refractivity (Wildman–Crippen MR) is 71.9 cm³/mol. The molecule has 0 radical (unpaired) electrons. The van der Waals surface area contributed by atoms with Gasteiger partial charge in [-0.2, -0.15) is 0 Å². The van der Waals surface area contributed by atoms with Crippen LogP contribution in [0.25, 0.3) is 0 Å². The van der Waals surface area contributed by atoms with Gasteiger partial charge in [-0.1, -0.05) is 27.2 Å². The smallest absolute Gasteiger partial charge is 0.223 e. The van der Waals surface area contributed by atoms with Gasteiger partial charge < -0.3 is 10.6 Å². The van der Waals surface area contributed by atoms with Crippen molar-refractivity contribution >= 4 is 5.91 Å². The molecule has 0 aliphatic carbocycles. The van der Waals surface area contributed by atoms with Crippen LogP contribution < -0.4 is 10.6 Å². The molecule has 17 heavy (non-hydrogen) atoms. The van der Waals surface area contributed by atoms with Crippen LogP contribution in [0.5, 0.6) is 0 Å². The van der Waals surface area contributed by atoms with Crippen LogP contribution in [-0.4, -0.2) is 25.5 Å². The van der Waals surface area contributed by atoms with Gasteiger partial charge >= 0.3 is 0 Å². The highest BCUT2D eigenvalue weighted by Gasteiger charge is 2.20. The second kappa shape index (κ2) is 7.00. The van der Waals surface area contributed by atoms with Gasteiger partial charge in [-0.3, -0.25) is 4.79 Å². The van der Waals surface area contributed by atoms with Crippen molar-refractivity contribution in [2.75, 3.05) is 19.6 Å². The van der Waals surface area contributed by atoms with Crippen molar-refractivity contribution in [2.24, 2.45) is 11.3 Å². The van der Waals surface area contributed by atoms with Gasteiger partial charge in [0.1, 0.15) is 0 Å². The minimum atomic E-state index is 0.249. The van der Waals surface area contributed by atoms with Crippen LogP contribution >= 0.6 is 0 Å². The van der Waals surface area contributed by atoms with Crippen LogP contribution in [0, 0.1) is 11.3 Å². The van der Waals surface area contributed by atoms with E-state index in [1.54, 1.807) is 0 Å². The topological polar surface area (TPSA) is 41.1 Å². The molecule has 1 aliphatic rings. The normalized spacial score (nSPS) is 18.1. The van der Waals surface area contributed by atoms with Gasteiger partial charge in [0.2, 0.25) is 5.91 Å². The highest BCUT2D eigenvalue weighted by molar-refractivity contribution is 5.78. The summed E-state index contributed by atoms with van der Waals surface area (Å²) in [6.07, 6.45) is 5.53. The standard InChI is InChI=1S/C14H28N2O/c1-14(2,3)8-4-5-9-16-13(17)12-6-10-15-11-7-12/h12,15H,4-11H2,1-3H3,(H,16,17). The molecule has 2 N–H and O–H groups in total. The van der Waals surface area contributed by atoms with E-state index in [4.69, 9.17) is 0 Å². The average molecular weight is 240 g/mol. The van der Waals surface area contributed by atoms with E-state index in [0.717, 1.165) is 38.9 Å². The third kappa shape index (κ3) is 6.67. The Morgan fingerprint density at radius 1 is 1.24 bits per heavy atom. The quantitative estimate of drug-likeness (QED) is 0.724. The second-order valence-corrected chi connectivity index (χ2v) is 6.33. The summed E-state index contributed by atoms with van der Waals surface area (Å²) in [4.78, 5) is 11.8. The first kappa shape index (κ1) is 14.5. The van der Waals surface area contributed by atoms with Crippen molar-refractivity contribution in [3.8, 4) is 0 Å². The Kier molecular flexibility index (Phi) is 5.96. The first-order valence-corrected chi connectivity index (χ1v) is 6.97. The lowest BCUT2D eigenvalue weighted by Crippen LogP contribution is -2.38. The van der Waals surface area contributed by atoms with Crippen LogP contribution in [0.4, 0.5) is 0 Å². The second-order valence-electron chi connectivity index (χ2n) is 6.33. The molecular formula is C14H28N2O. The lowest BCUT2D eigenvalue weighted by molar-refractivity contribution is -0.125. The molecule has 3 nitrogen and oxygen atoms in total. The summed E-state index contributed by atoms with van der Waals surface area (Å²) < 4.78 is 0. The van der Waals surface area contributed by atoms with E-state index in [1.807, 2.05) is 0 Å². The van der Waals surface area contributed by atoms with Crippen LogP contribution in [0.2, 0.25) is 0 Å². The zero-order valence-electron chi connectivity index (χ0n) is 11.6. The molecule has 1 saturated heterocycles. The summed E-state index contributed by atoms with van der Waals surface area (Å²) in [6.45, 7) is 9.62. The highest BCUT2D eigenvalue weighted by Crippen LogP contribution is 2.21. The Morgan fingerprint density at radius 3 is 2.47 bits per heavy atom. The van der Waals surface area contributed by atoms with Gasteiger partial charge in [0.15, 0.2) is 0 Å². The van der Waals surface area contributed by atoms with E-state index in [1.165, 1.54) is 12.8 Å². The van der Waals surface area contributed by atoms with Crippen LogP contribution in [0.15, 0.2) is 0 Å². The summed E-state index contributed by atoms with van der Waals surface area (Å²) in [5.41, 5.74) is 0.416. The molecule has 1 fully saturated rings. The number of hydrogen-bond acceptors (Lipinski definition) is 2. The van der Waals surface area contributed by atoms with Crippen molar-refractivity contribution < 1.29 is 4.79 Å². The summed E-state index contributed by atoms with van der Waals surface area (Å²) in [5, 5.41) is 6.35. The Balaban J connectivity index is 2.04. The van der Waals surface area contributed by atoms with E-state index < -0.39 is 0 Å². The van der Waals surface area contributed by atoms with Crippen LogP contribution in [0.3, 0.4) is 0 Å². The Bertz CT molecular complexity index is 227. The summed E-state index contributed by atoms with van der Waals surface area (Å²) in [7, 11) is 0. The van der Waals surface area contributed by atoms with E-state index in [-0.39, 0.29) is 11.8 Å². The number of carbonyl (C=O) groups is 1. The number of rotatable bonds is 5. The van der Waals surface area contributed by atoms with Crippen molar-refractivity contribution in [1.29, 1.82) is 0 Å². The van der Waals surface area contributed by atoms with E-state index >= 15 is 0 Å². The minimum Gasteiger partial charge on any atom is -0.356 e. The Morgan fingerprint density at radius 2 is 1.88 bits per heavy atom. The van der Waals surface area contributed by atoms with Gasteiger partial charge in [-0.05, 0) is 44.2 Å². The Labute approximate surface area is 106 Å². The van der Waals surface area contributed by atoms with Gasteiger partial charge in [-0.15, -0.1) is 0 Å². The number of carbonyl (C=O) groups excluding carboxylic acids is 1. The third-order valence-corrected chi connectivity index (χ3v) is 3.36. The molecule has 0 aromatic heterocycles. The zero-order chi connectivity index (χ0) is 12.7. The molecule has 100 valence electrons. The molecule has 0 bridgehead atoms. The fourth-order valence-corrected chi connectivity index (χ4v) is 2.22. The molecule has 0 unspecified atom stereocenters. The van der Waals surface area contributed by atoms with Crippen molar-refractivity contribution in [2.45, 2.75) is 52.9 Å². The first-order valence-electron chi connectivity index (χ1n) is 6.97. The van der Waals surface area contributed by atoms with Crippen LogP contribution in [0.1, 0.15) is 52.9 Å². The lowest BCUT2D eigenvalue weighted by atomic mass is 9.90. The van der Waals surface area contributed by atoms with Gasteiger partial charge in [0, 0.05) is 12.5 Å². The number of unbranched alkanes of at least 4 members (excludes halogenated alkanes) is 1. The number of nitrogens with one attached hydrogen (secondary N) is 2. The highest BCUT2D eigenvalue weighted by atomic mass is 16.1. The molecule has 1 aliphatic heterocycles. The fraction of sp³-hybridized carbons (Fsp3) is 0.929. The molecule has 0 aromatic carbocycles. The van der Waals surface area contributed by atoms with Crippen molar-refractivity contribution in [3.05, 3.63) is 0 Å². The number of hydrogen-bond donors (Lipinski definition) is 2. The van der Waals surface area contributed by atoms with Crippen molar-refractivity contribution in [3.63, 3.8) is 0 Å². The van der Waals surface area contributed by atoms with Gasteiger partial charge in [0.05, 0.1) is 0 Å². The van der Waals surface area contributed by atoms with Crippen LogP contribution in [-0.2, 0) is 4.79 Å². The van der Waals surface area contributed by atoms with Gasteiger partial charge in [0.25, 0.3) is 0 Å². The average Bonchev–Trinajstić information content (AvgIpc) is 2.28. The monoisotopic (exact) mass is 240 g/mol. The lowest BCUT2D eigenvalue weighted by Gasteiger charge is -2.22. The molecule has 0 atom stereocenters. The molecule has 3 heteroatoms. The Hall–Kier alpha value is -0.570. The summed E-state index contributed by atoms with van der Waals surface area (Å²) >= 11 is 0. The minimum absolute atomic E-state index is 0.249. The molecule has 1 amide bonds. The molecule has 0 aromatic rings. The van der Waals surface area contributed by atoms with E-state index in [2.05, 4.69) is 31.4 Å². The van der Waals surface area contributed by atoms with E-state index in [9.17, 15) is 4.79 Å². The maximum Gasteiger partial charge on any atom is 0.223 e. The maximum absolute atomic E-state index is 11.8. The largest absolute Gasteiger partial charge is 0.356 e. The molecular weight excluding hydrogens is 212 g/mol. The predicted octanol–water partition coefficient (Wildman–Crippen LogP) is 2.32. The fourth-order valence-electron chi connectivity index (χ4n) is 2.22. The molecule has 1 heterocycles. The third-order valence-electron chi connectivity index (χ3n) is 3.36. The summed E-state index contributed by atoms with van der Waals surface area (Å²) in [5.74, 6) is 0.515. The maximum atomic E-state index is 11.8. The zero-order valence-corrected chi connectivity index (χ0v) is 11.6. The van der Waals surface area contributed by atoms with Crippen molar-refractivity contribution in [1.82, 2.24) is 10.6 Å². The van der Waals surface area contributed by atoms with E-state index in [0.29, 0.717) is 5.41 Å². The number of amides is 1. The SMILES string of the molecule is CC(C)(C)CCCCNC(=O)C1CCNCC1. The molecule has 0 spiro atoms. The summed E-state index contributed by atoms with van der Waals surface area (Å²) in [6, 6.07) is 0. The molecule has 0 saturated carbocycles. The first-order chi connectivity index (χ1) is 7.99. The number of piperidine rings is 1.